The molecule has 0 amide bonds. The molecular formula is C19H14N3O2S-. The van der Waals surface area contributed by atoms with Crippen LogP contribution >= 0.6 is 11.3 Å². The third-order valence-corrected chi connectivity index (χ3v) is 4.94. The fraction of sp³-hybridized carbons (Fsp3) is 0.105. The second-order valence-corrected chi connectivity index (χ2v) is 6.80. The van der Waals surface area contributed by atoms with Gasteiger partial charge in [0.15, 0.2) is 5.65 Å². The number of hydrogen-bond acceptors (Lipinski definition) is 5. The van der Waals surface area contributed by atoms with E-state index in [0.717, 1.165) is 16.1 Å². The van der Waals surface area contributed by atoms with Gasteiger partial charge in [-0.1, -0.05) is 18.2 Å². The quantitative estimate of drug-likeness (QED) is 0.570. The summed E-state index contributed by atoms with van der Waals surface area (Å²) in [4.78, 5) is 17.3. The number of rotatable bonds is 3. The fourth-order valence-electron chi connectivity index (χ4n) is 2.94. The highest BCUT2D eigenvalue weighted by atomic mass is 32.1. The predicted octanol–water partition coefficient (Wildman–Crippen LogP) is 3.13. The Hall–Kier alpha value is -2.99. The molecule has 0 radical (unpaired) electrons. The van der Waals surface area contributed by atoms with Gasteiger partial charge in [0.1, 0.15) is 0 Å². The van der Waals surface area contributed by atoms with Crippen molar-refractivity contribution in [2.75, 3.05) is 0 Å². The zero-order chi connectivity index (χ0) is 17.6. The van der Waals surface area contributed by atoms with Gasteiger partial charge in [0.25, 0.3) is 0 Å². The van der Waals surface area contributed by atoms with Crippen LogP contribution in [0.25, 0.3) is 27.3 Å². The Morgan fingerprint density at radius 1 is 1.16 bits per heavy atom. The number of aromatic carboxylic acids is 1. The summed E-state index contributed by atoms with van der Waals surface area (Å²) in [6.45, 7) is 3.78. The van der Waals surface area contributed by atoms with E-state index in [-0.39, 0.29) is 5.56 Å². The topological polar surface area (TPSA) is 70.8 Å². The van der Waals surface area contributed by atoms with Gasteiger partial charge in [0.2, 0.25) is 0 Å². The van der Waals surface area contributed by atoms with E-state index in [1.807, 2.05) is 48.7 Å². The van der Waals surface area contributed by atoms with Crippen molar-refractivity contribution >= 4 is 28.3 Å². The Morgan fingerprint density at radius 2 is 2.00 bits per heavy atom. The third kappa shape index (κ3) is 2.60. The minimum atomic E-state index is -1.22. The average Bonchev–Trinajstić information content (AvgIpc) is 3.22. The summed E-state index contributed by atoms with van der Waals surface area (Å²) in [6.07, 6.45) is 0. The molecule has 5 nitrogen and oxygen atoms in total. The number of aryl methyl sites for hydroxylation is 2. The lowest BCUT2D eigenvalue weighted by Gasteiger charge is -2.09. The van der Waals surface area contributed by atoms with E-state index in [2.05, 4.69) is 5.10 Å². The Labute approximate surface area is 148 Å². The smallest absolute Gasteiger partial charge is 0.164 e. The molecule has 4 aromatic rings. The highest BCUT2D eigenvalue weighted by Gasteiger charge is 2.17. The zero-order valence-corrected chi connectivity index (χ0v) is 14.5. The maximum absolute atomic E-state index is 11.7. The van der Waals surface area contributed by atoms with Gasteiger partial charge < -0.3 is 9.90 Å². The minimum absolute atomic E-state index is 0.116. The number of carbonyl (C=O) groups is 1. The first-order valence-electron chi connectivity index (χ1n) is 7.77. The summed E-state index contributed by atoms with van der Waals surface area (Å²) < 4.78 is 1.70. The van der Waals surface area contributed by atoms with E-state index < -0.39 is 5.97 Å². The van der Waals surface area contributed by atoms with Crippen molar-refractivity contribution in [2.45, 2.75) is 13.8 Å². The lowest BCUT2D eigenvalue weighted by Crippen LogP contribution is -2.23. The summed E-state index contributed by atoms with van der Waals surface area (Å²) in [5.41, 5.74) is 3.79. The van der Waals surface area contributed by atoms with Crippen LogP contribution in [0, 0.1) is 13.8 Å². The summed E-state index contributed by atoms with van der Waals surface area (Å²) >= 11 is 1.51. The Kier molecular flexibility index (Phi) is 3.62. The lowest BCUT2D eigenvalue weighted by atomic mass is 10.1. The van der Waals surface area contributed by atoms with E-state index in [0.29, 0.717) is 22.4 Å². The van der Waals surface area contributed by atoms with Gasteiger partial charge >= 0.3 is 0 Å². The van der Waals surface area contributed by atoms with Crippen molar-refractivity contribution < 1.29 is 9.90 Å². The molecule has 4 rings (SSSR count). The van der Waals surface area contributed by atoms with Crippen molar-refractivity contribution in [1.29, 1.82) is 0 Å². The molecule has 0 spiro atoms. The van der Waals surface area contributed by atoms with E-state index in [1.54, 1.807) is 17.7 Å². The number of carboxylic acids is 1. The molecule has 1 aromatic carbocycles. The maximum atomic E-state index is 11.7. The van der Waals surface area contributed by atoms with E-state index in [4.69, 9.17) is 4.98 Å². The Bertz CT molecular complexity index is 1100. The molecule has 3 heterocycles. The monoisotopic (exact) mass is 348 g/mol. The summed E-state index contributed by atoms with van der Waals surface area (Å²) in [6, 6.07) is 13.3. The van der Waals surface area contributed by atoms with Crippen LogP contribution in [-0.4, -0.2) is 20.7 Å². The molecule has 0 aliphatic carbocycles. The van der Waals surface area contributed by atoms with Crippen LogP contribution in [0.15, 0.2) is 47.8 Å². The SMILES string of the molecule is Cc1cccc(-n2nc(C)c3c(C(=O)[O-])cc(-c4cccs4)nc32)c1. The van der Waals surface area contributed by atoms with E-state index in [9.17, 15) is 9.90 Å². The number of aromatic nitrogens is 3. The minimum Gasteiger partial charge on any atom is -0.545 e. The van der Waals surface area contributed by atoms with Gasteiger partial charge in [-0.2, -0.15) is 5.10 Å². The van der Waals surface area contributed by atoms with Gasteiger partial charge in [-0.25, -0.2) is 9.67 Å². The van der Waals surface area contributed by atoms with Crippen LogP contribution < -0.4 is 5.11 Å². The van der Waals surface area contributed by atoms with Crippen LogP contribution in [0.5, 0.6) is 0 Å². The molecule has 0 saturated carbocycles. The zero-order valence-electron chi connectivity index (χ0n) is 13.7. The molecule has 0 aliphatic heterocycles. The van der Waals surface area contributed by atoms with Crippen molar-refractivity contribution in [1.82, 2.24) is 14.8 Å². The van der Waals surface area contributed by atoms with Gasteiger partial charge in [0, 0.05) is 5.56 Å². The first-order valence-corrected chi connectivity index (χ1v) is 8.65. The molecule has 0 bridgehead atoms. The molecule has 0 fully saturated rings. The summed E-state index contributed by atoms with van der Waals surface area (Å²) in [5, 5.41) is 18.7. The second-order valence-electron chi connectivity index (χ2n) is 5.85. The van der Waals surface area contributed by atoms with Crippen molar-refractivity contribution in [2.24, 2.45) is 0 Å². The highest BCUT2D eigenvalue weighted by molar-refractivity contribution is 7.13. The number of fused-ring (bicyclic) bond motifs is 1. The Balaban J connectivity index is 2.07. The van der Waals surface area contributed by atoms with Crippen LogP contribution in [0.2, 0.25) is 0 Å². The van der Waals surface area contributed by atoms with Crippen molar-refractivity contribution in [3.8, 4) is 16.3 Å². The lowest BCUT2D eigenvalue weighted by molar-refractivity contribution is -0.254. The van der Waals surface area contributed by atoms with Crippen LogP contribution in [0.3, 0.4) is 0 Å². The largest absolute Gasteiger partial charge is 0.545 e. The number of carbonyl (C=O) groups excluding carboxylic acids is 1. The number of nitrogens with zero attached hydrogens (tertiary/aromatic N) is 3. The van der Waals surface area contributed by atoms with Crippen LogP contribution in [0.4, 0.5) is 0 Å². The molecule has 6 heteroatoms. The molecule has 0 unspecified atom stereocenters. The number of hydrogen-bond donors (Lipinski definition) is 0. The van der Waals surface area contributed by atoms with Gasteiger partial charge in [0.05, 0.1) is 33.3 Å². The van der Waals surface area contributed by atoms with Crippen LogP contribution in [-0.2, 0) is 0 Å². The standard InChI is InChI=1S/C19H15N3O2S/c1-11-5-3-6-13(9-11)22-18-17(12(2)21-22)14(19(23)24)10-15(20-18)16-7-4-8-25-16/h3-10H,1-2H3,(H,23,24)/p-1. The number of thiophene rings is 1. The van der Waals surface area contributed by atoms with Gasteiger partial charge in [-0.05, 0) is 49.1 Å². The van der Waals surface area contributed by atoms with Gasteiger partial charge in [-0.15, -0.1) is 11.3 Å². The summed E-state index contributed by atoms with van der Waals surface area (Å²) in [5.74, 6) is -1.22. The summed E-state index contributed by atoms with van der Waals surface area (Å²) in [7, 11) is 0. The second kappa shape index (κ2) is 5.82. The molecule has 124 valence electrons. The van der Waals surface area contributed by atoms with Crippen molar-refractivity contribution in [3.05, 3.63) is 64.7 Å². The number of carboxylic acid groups (broad SMARTS) is 1. The predicted molar refractivity (Wildman–Crippen MR) is 96.0 cm³/mol. The fourth-order valence-corrected chi connectivity index (χ4v) is 3.63. The molecule has 3 aromatic heterocycles. The normalized spacial score (nSPS) is 11.1. The Morgan fingerprint density at radius 3 is 2.68 bits per heavy atom. The van der Waals surface area contributed by atoms with Gasteiger partial charge in [-0.3, -0.25) is 0 Å². The molecule has 0 N–H and O–H groups in total. The number of benzene rings is 1. The highest BCUT2D eigenvalue weighted by Crippen LogP contribution is 2.30. The van der Waals surface area contributed by atoms with E-state index in [1.165, 1.54) is 11.3 Å². The third-order valence-electron chi connectivity index (χ3n) is 4.05. The molecule has 25 heavy (non-hydrogen) atoms. The first kappa shape index (κ1) is 15.5. The molecule has 0 saturated heterocycles. The van der Waals surface area contributed by atoms with E-state index >= 15 is 0 Å². The first-order chi connectivity index (χ1) is 12.0. The van der Waals surface area contributed by atoms with Crippen LogP contribution in [0.1, 0.15) is 21.6 Å². The molecular weight excluding hydrogens is 334 g/mol. The van der Waals surface area contributed by atoms with Crippen molar-refractivity contribution in [3.63, 3.8) is 0 Å². The average molecular weight is 348 g/mol. The molecule has 0 atom stereocenters. The molecule has 0 aliphatic rings. The number of pyridine rings is 1. The maximum Gasteiger partial charge on any atom is 0.164 e.